The molecule has 18 heavy (non-hydrogen) atoms. The van der Waals surface area contributed by atoms with E-state index in [0.29, 0.717) is 0 Å². The van der Waals surface area contributed by atoms with Gasteiger partial charge in [0.25, 0.3) is 0 Å². The summed E-state index contributed by atoms with van der Waals surface area (Å²) in [5, 5.41) is 0.210. The molecule has 0 saturated carbocycles. The minimum atomic E-state index is -5.94. The molecule has 7 heteroatoms. The second-order valence-corrected chi connectivity index (χ2v) is 4.33. The van der Waals surface area contributed by atoms with Gasteiger partial charge in [0.05, 0.1) is 0 Å². The topological polar surface area (TPSA) is 0 Å². The SMILES string of the molecule is Cc1cc(C(F)C(F)(F)C(F)(F)F)cc(C)c1Cl. The number of benzene rings is 1. The van der Waals surface area contributed by atoms with Crippen LogP contribution in [0.25, 0.3) is 0 Å². The van der Waals surface area contributed by atoms with E-state index in [-0.39, 0.29) is 16.1 Å². The molecule has 0 fully saturated rings. The highest BCUT2D eigenvalue weighted by Crippen LogP contribution is 2.47. The molecule has 0 N–H and O–H groups in total. The van der Waals surface area contributed by atoms with Crippen LogP contribution < -0.4 is 0 Å². The lowest BCUT2D eigenvalue weighted by Crippen LogP contribution is -2.40. The number of alkyl halides is 6. The van der Waals surface area contributed by atoms with E-state index in [0.717, 1.165) is 12.1 Å². The summed E-state index contributed by atoms with van der Waals surface area (Å²) in [4.78, 5) is 0. The van der Waals surface area contributed by atoms with Crippen molar-refractivity contribution in [2.45, 2.75) is 32.1 Å². The number of rotatable bonds is 2. The van der Waals surface area contributed by atoms with Crippen LogP contribution in [0.15, 0.2) is 12.1 Å². The third kappa shape index (κ3) is 2.58. The predicted molar refractivity (Wildman–Crippen MR) is 55.8 cm³/mol. The van der Waals surface area contributed by atoms with Crippen molar-refractivity contribution in [2.24, 2.45) is 0 Å². The van der Waals surface area contributed by atoms with Crippen LogP contribution >= 0.6 is 11.6 Å². The lowest BCUT2D eigenvalue weighted by Gasteiger charge is -2.24. The number of hydrogen-bond donors (Lipinski definition) is 0. The molecule has 0 aliphatic heterocycles. The molecule has 0 aliphatic carbocycles. The van der Waals surface area contributed by atoms with Gasteiger partial charge >= 0.3 is 12.1 Å². The van der Waals surface area contributed by atoms with Crippen LogP contribution in [0.4, 0.5) is 26.3 Å². The van der Waals surface area contributed by atoms with Gasteiger partial charge in [-0.3, -0.25) is 0 Å². The Hall–Kier alpha value is -0.910. The van der Waals surface area contributed by atoms with E-state index in [2.05, 4.69) is 0 Å². The third-order valence-corrected chi connectivity index (χ3v) is 3.04. The van der Waals surface area contributed by atoms with Crippen molar-refractivity contribution < 1.29 is 26.3 Å². The van der Waals surface area contributed by atoms with E-state index < -0.39 is 23.8 Å². The Morgan fingerprint density at radius 1 is 1.00 bits per heavy atom. The van der Waals surface area contributed by atoms with Crippen molar-refractivity contribution in [3.05, 3.63) is 33.8 Å². The quantitative estimate of drug-likeness (QED) is 0.660. The maximum atomic E-state index is 13.4. The second kappa shape index (κ2) is 4.64. The summed E-state index contributed by atoms with van der Waals surface area (Å²) in [7, 11) is 0. The lowest BCUT2D eigenvalue weighted by atomic mass is 10.00. The van der Waals surface area contributed by atoms with E-state index in [1.165, 1.54) is 13.8 Å². The third-order valence-electron chi connectivity index (χ3n) is 2.45. The highest BCUT2D eigenvalue weighted by atomic mass is 35.5. The Kier molecular flexibility index (Phi) is 3.91. The summed E-state index contributed by atoms with van der Waals surface area (Å²) >= 11 is 5.73. The molecule has 1 rings (SSSR count). The molecule has 0 radical (unpaired) electrons. The standard InChI is InChI=1S/C11H9ClF6/c1-5-3-7(4-6(2)8(5)12)9(13)10(14,15)11(16,17)18/h3-4,9H,1-2H3. The second-order valence-electron chi connectivity index (χ2n) is 3.95. The van der Waals surface area contributed by atoms with Gasteiger partial charge in [-0.25, -0.2) is 4.39 Å². The first-order valence-corrected chi connectivity index (χ1v) is 5.21. The van der Waals surface area contributed by atoms with Gasteiger partial charge in [0.1, 0.15) is 0 Å². The van der Waals surface area contributed by atoms with Crippen molar-refractivity contribution in [3.63, 3.8) is 0 Å². The van der Waals surface area contributed by atoms with Crippen LogP contribution in [0.3, 0.4) is 0 Å². The summed E-state index contributed by atoms with van der Waals surface area (Å²) in [6.07, 6.45) is -9.39. The summed E-state index contributed by atoms with van der Waals surface area (Å²) in [5.41, 5.74) is -0.253. The molecular weight excluding hydrogens is 282 g/mol. The van der Waals surface area contributed by atoms with Crippen LogP contribution in [0, 0.1) is 13.8 Å². The molecule has 0 heterocycles. The van der Waals surface area contributed by atoms with Crippen molar-refractivity contribution >= 4 is 11.6 Å². The average Bonchev–Trinajstić information content (AvgIpc) is 2.22. The van der Waals surface area contributed by atoms with Crippen molar-refractivity contribution in [1.29, 1.82) is 0 Å². The molecule has 0 aliphatic rings. The van der Waals surface area contributed by atoms with Crippen molar-refractivity contribution in [3.8, 4) is 0 Å². The first-order valence-electron chi connectivity index (χ1n) is 4.83. The van der Waals surface area contributed by atoms with Gasteiger partial charge in [-0.15, -0.1) is 0 Å². The van der Waals surface area contributed by atoms with Gasteiger partial charge in [0, 0.05) is 5.02 Å². The van der Waals surface area contributed by atoms with Gasteiger partial charge in [0.15, 0.2) is 6.17 Å². The van der Waals surface area contributed by atoms with Crippen LogP contribution in [-0.2, 0) is 0 Å². The molecule has 102 valence electrons. The van der Waals surface area contributed by atoms with E-state index >= 15 is 0 Å². The average molecular weight is 291 g/mol. The normalized spacial score (nSPS) is 14.7. The first-order chi connectivity index (χ1) is 7.98. The molecule has 1 aromatic carbocycles. The lowest BCUT2D eigenvalue weighted by molar-refractivity contribution is -0.305. The smallest absolute Gasteiger partial charge is 0.235 e. The first kappa shape index (κ1) is 15.1. The minimum absolute atomic E-state index is 0.210. The Morgan fingerprint density at radius 2 is 1.39 bits per heavy atom. The summed E-state index contributed by atoms with van der Waals surface area (Å²) in [6.45, 7) is 2.80. The van der Waals surface area contributed by atoms with Crippen molar-refractivity contribution in [2.75, 3.05) is 0 Å². The highest BCUT2D eigenvalue weighted by molar-refractivity contribution is 6.32. The van der Waals surface area contributed by atoms with E-state index in [1.807, 2.05) is 0 Å². The number of aryl methyl sites for hydroxylation is 2. The molecule has 0 spiro atoms. The summed E-state index contributed by atoms with van der Waals surface area (Å²) in [5.74, 6) is -5.43. The van der Waals surface area contributed by atoms with E-state index in [1.54, 1.807) is 0 Å². The Morgan fingerprint density at radius 3 is 1.72 bits per heavy atom. The molecule has 1 atom stereocenters. The van der Waals surface area contributed by atoms with E-state index in [4.69, 9.17) is 11.6 Å². The van der Waals surface area contributed by atoms with Crippen LogP contribution in [0.5, 0.6) is 0 Å². The maximum absolute atomic E-state index is 13.4. The number of halogens is 7. The molecule has 0 aromatic heterocycles. The van der Waals surface area contributed by atoms with Gasteiger partial charge in [-0.05, 0) is 30.5 Å². The monoisotopic (exact) mass is 290 g/mol. The molecule has 1 aromatic rings. The zero-order chi connectivity index (χ0) is 14.3. The molecule has 0 amide bonds. The molecule has 0 saturated heterocycles. The number of hydrogen-bond acceptors (Lipinski definition) is 0. The zero-order valence-electron chi connectivity index (χ0n) is 9.38. The van der Waals surface area contributed by atoms with Crippen LogP contribution in [0.1, 0.15) is 22.9 Å². The summed E-state index contributed by atoms with van der Waals surface area (Å²) < 4.78 is 75.2. The molecule has 0 bridgehead atoms. The molecule has 0 nitrogen and oxygen atoms in total. The largest absolute Gasteiger partial charge is 0.456 e. The summed E-state index contributed by atoms with van der Waals surface area (Å²) in [6, 6.07) is 1.78. The van der Waals surface area contributed by atoms with Gasteiger partial charge in [-0.2, -0.15) is 22.0 Å². The fourth-order valence-corrected chi connectivity index (χ4v) is 1.59. The Balaban J connectivity index is 3.24. The van der Waals surface area contributed by atoms with Crippen LogP contribution in [-0.4, -0.2) is 12.1 Å². The fraction of sp³-hybridized carbons (Fsp3) is 0.455. The maximum Gasteiger partial charge on any atom is 0.456 e. The Bertz CT molecular complexity index is 428. The van der Waals surface area contributed by atoms with Crippen LogP contribution in [0.2, 0.25) is 5.02 Å². The highest BCUT2D eigenvalue weighted by Gasteiger charge is 2.63. The van der Waals surface area contributed by atoms with E-state index in [9.17, 15) is 26.3 Å². The zero-order valence-corrected chi connectivity index (χ0v) is 10.1. The van der Waals surface area contributed by atoms with Gasteiger partial charge in [-0.1, -0.05) is 23.7 Å². The van der Waals surface area contributed by atoms with Gasteiger partial charge in [0.2, 0.25) is 0 Å². The predicted octanol–water partition coefficient (Wildman–Crippen LogP) is 5.17. The Labute approximate surface area is 105 Å². The molecule has 1 unspecified atom stereocenters. The minimum Gasteiger partial charge on any atom is -0.235 e. The van der Waals surface area contributed by atoms with Crippen molar-refractivity contribution in [1.82, 2.24) is 0 Å². The molecular formula is C11H9ClF6. The van der Waals surface area contributed by atoms with Gasteiger partial charge < -0.3 is 0 Å². The fourth-order valence-electron chi connectivity index (χ4n) is 1.48.